The lowest BCUT2D eigenvalue weighted by atomic mass is 10.4. The molecule has 0 bridgehead atoms. The van der Waals surface area contributed by atoms with Gasteiger partial charge in [-0.15, -0.1) is 0 Å². The van der Waals surface area contributed by atoms with Crippen LogP contribution in [0.4, 0.5) is 0 Å². The van der Waals surface area contributed by atoms with Crippen molar-refractivity contribution in [2.45, 2.75) is 39.7 Å². The molecule has 1 nitrogen and oxygen atoms in total. The summed E-state index contributed by atoms with van der Waals surface area (Å²) in [5.41, 5.74) is 5.52. The Balaban J connectivity index is 2.88. The van der Waals surface area contributed by atoms with Gasteiger partial charge in [0, 0.05) is 0 Å². The van der Waals surface area contributed by atoms with Crippen LogP contribution in [0, 0.1) is 0 Å². The monoisotopic (exact) mass is 276 g/mol. The summed E-state index contributed by atoms with van der Waals surface area (Å²) in [6.07, 6.45) is 0. The zero-order valence-electron chi connectivity index (χ0n) is 12.4. The summed E-state index contributed by atoms with van der Waals surface area (Å²) in [5, 5.41) is 1.32. The first kappa shape index (κ1) is 15.0. The van der Waals surface area contributed by atoms with E-state index < -0.39 is 16.4 Å². The van der Waals surface area contributed by atoms with Crippen LogP contribution >= 0.6 is 0 Å². The first-order chi connectivity index (χ1) is 8.21. The molecule has 0 spiro atoms. The summed E-state index contributed by atoms with van der Waals surface area (Å²) in [6, 6.07) is 10.5. The van der Waals surface area contributed by atoms with Gasteiger partial charge in [-0.25, -0.2) is 0 Å². The van der Waals surface area contributed by atoms with Crippen molar-refractivity contribution in [1.82, 2.24) is 0 Å². The van der Waals surface area contributed by atoms with Crippen molar-refractivity contribution in [1.29, 1.82) is 0 Å². The van der Waals surface area contributed by atoms with Crippen molar-refractivity contribution in [3.63, 3.8) is 0 Å². The van der Waals surface area contributed by atoms with Crippen LogP contribution in [-0.4, -0.2) is 16.4 Å². The van der Waals surface area contributed by atoms with E-state index in [1.54, 1.807) is 0 Å². The molecule has 0 heterocycles. The molecule has 0 aromatic heterocycles. The maximum atomic E-state index is 6.15. The average molecular weight is 277 g/mol. The van der Waals surface area contributed by atoms with Crippen molar-refractivity contribution in [3.05, 3.63) is 47.5 Å². The van der Waals surface area contributed by atoms with Gasteiger partial charge in [0.05, 0.1) is 8.07 Å². The summed E-state index contributed by atoms with van der Waals surface area (Å²) in [7, 11) is -3.04. The first-order valence-electron chi connectivity index (χ1n) is 6.40. The highest BCUT2D eigenvalue weighted by Crippen LogP contribution is 2.11. The molecule has 0 saturated heterocycles. The zero-order valence-corrected chi connectivity index (χ0v) is 14.4. The standard InChI is InChI=1S/C15H24OSi2/c1-14(12-13-17(2,3)4)16-18(5,6)15-10-8-7-9-11-15/h7-11,13H,1-6H3. The number of rotatable bonds is 4. The van der Waals surface area contributed by atoms with E-state index in [2.05, 4.69) is 68.4 Å². The Kier molecular flexibility index (Phi) is 4.80. The van der Waals surface area contributed by atoms with Crippen LogP contribution in [0.2, 0.25) is 32.7 Å². The minimum absolute atomic E-state index is 0.915. The normalized spacial score (nSPS) is 11.7. The minimum atomic E-state index is -1.84. The molecule has 1 rings (SSSR count). The highest BCUT2D eigenvalue weighted by atomic mass is 28.4. The van der Waals surface area contributed by atoms with Crippen LogP contribution in [0.25, 0.3) is 0 Å². The molecule has 0 aliphatic rings. The molecule has 18 heavy (non-hydrogen) atoms. The molecular weight excluding hydrogens is 252 g/mol. The van der Waals surface area contributed by atoms with Crippen molar-refractivity contribution in [2.75, 3.05) is 0 Å². The van der Waals surface area contributed by atoms with Crippen LogP contribution in [0.15, 0.2) is 47.5 Å². The van der Waals surface area contributed by atoms with Crippen molar-refractivity contribution >= 4 is 21.6 Å². The van der Waals surface area contributed by atoms with Gasteiger partial charge >= 0.3 is 0 Å². The summed E-state index contributed by atoms with van der Waals surface area (Å²) in [4.78, 5) is 0. The number of benzene rings is 1. The quantitative estimate of drug-likeness (QED) is 0.458. The second-order valence-electron chi connectivity index (χ2n) is 6.19. The lowest BCUT2D eigenvalue weighted by Crippen LogP contribution is -2.44. The van der Waals surface area contributed by atoms with Crippen LogP contribution < -0.4 is 5.19 Å². The fourth-order valence-electron chi connectivity index (χ4n) is 1.63. The van der Waals surface area contributed by atoms with Gasteiger partial charge < -0.3 is 4.43 Å². The van der Waals surface area contributed by atoms with Crippen LogP contribution in [0.1, 0.15) is 6.92 Å². The summed E-state index contributed by atoms with van der Waals surface area (Å²) < 4.78 is 6.15. The molecule has 0 atom stereocenters. The van der Waals surface area contributed by atoms with Gasteiger partial charge in [0.1, 0.15) is 5.76 Å². The molecule has 0 fully saturated rings. The van der Waals surface area contributed by atoms with Gasteiger partial charge in [0.25, 0.3) is 8.32 Å². The molecule has 0 amide bonds. The molecule has 98 valence electrons. The second-order valence-corrected chi connectivity index (χ2v) is 15.0. The van der Waals surface area contributed by atoms with E-state index >= 15 is 0 Å². The van der Waals surface area contributed by atoms with Crippen molar-refractivity contribution in [2.24, 2.45) is 0 Å². The minimum Gasteiger partial charge on any atom is -0.537 e. The molecular formula is C15H24OSi2. The largest absolute Gasteiger partial charge is 0.537 e. The van der Waals surface area contributed by atoms with E-state index in [9.17, 15) is 0 Å². The van der Waals surface area contributed by atoms with E-state index in [1.807, 2.05) is 13.0 Å². The lowest BCUT2D eigenvalue weighted by molar-refractivity contribution is 0.431. The maximum absolute atomic E-state index is 6.15. The Morgan fingerprint density at radius 1 is 1.06 bits per heavy atom. The predicted molar refractivity (Wildman–Crippen MR) is 85.3 cm³/mol. The summed E-state index contributed by atoms with van der Waals surface area (Å²) in [5.74, 6) is 0.915. The Bertz CT molecular complexity index is 449. The third kappa shape index (κ3) is 5.09. The SMILES string of the molecule is CC(=C=C[Si](C)(C)C)O[Si](C)(C)c1ccccc1. The van der Waals surface area contributed by atoms with E-state index in [-0.39, 0.29) is 0 Å². The van der Waals surface area contributed by atoms with Gasteiger partial charge in [0.15, 0.2) is 0 Å². The molecule has 0 saturated carbocycles. The topological polar surface area (TPSA) is 9.23 Å². The predicted octanol–water partition coefficient (Wildman–Crippen LogP) is 4.05. The summed E-state index contributed by atoms with van der Waals surface area (Å²) >= 11 is 0. The van der Waals surface area contributed by atoms with Crippen molar-refractivity contribution < 1.29 is 4.43 Å². The third-order valence-corrected chi connectivity index (χ3v) is 6.14. The van der Waals surface area contributed by atoms with E-state index in [1.165, 1.54) is 5.19 Å². The fourth-order valence-corrected chi connectivity index (χ4v) is 4.20. The first-order valence-corrected chi connectivity index (χ1v) is 12.9. The number of hydrogen-bond acceptors (Lipinski definition) is 1. The smallest absolute Gasteiger partial charge is 0.277 e. The molecule has 0 aliphatic carbocycles. The average Bonchev–Trinajstić information content (AvgIpc) is 2.26. The van der Waals surface area contributed by atoms with Gasteiger partial charge in [0.2, 0.25) is 0 Å². The van der Waals surface area contributed by atoms with Crippen LogP contribution in [-0.2, 0) is 4.43 Å². The highest BCUT2D eigenvalue weighted by Gasteiger charge is 2.26. The molecule has 0 radical (unpaired) electrons. The van der Waals surface area contributed by atoms with Gasteiger partial charge in [-0.05, 0) is 25.2 Å². The van der Waals surface area contributed by atoms with Gasteiger partial charge in [-0.2, -0.15) is 0 Å². The zero-order chi connectivity index (χ0) is 13.8. The Labute approximate surface area is 113 Å². The van der Waals surface area contributed by atoms with Crippen LogP contribution in [0.3, 0.4) is 0 Å². The Hall–Kier alpha value is -1.03. The molecule has 0 aliphatic heterocycles. The Morgan fingerprint density at radius 2 is 1.61 bits per heavy atom. The van der Waals surface area contributed by atoms with E-state index in [0.29, 0.717) is 0 Å². The molecule has 1 aromatic carbocycles. The van der Waals surface area contributed by atoms with E-state index in [0.717, 1.165) is 5.76 Å². The fraction of sp³-hybridized carbons (Fsp3) is 0.400. The number of allylic oxidation sites excluding steroid dienone is 1. The molecule has 0 unspecified atom stereocenters. The number of hydrogen-bond donors (Lipinski definition) is 0. The molecule has 0 N–H and O–H groups in total. The van der Waals surface area contributed by atoms with Crippen molar-refractivity contribution in [3.8, 4) is 0 Å². The Morgan fingerprint density at radius 3 is 2.11 bits per heavy atom. The van der Waals surface area contributed by atoms with Gasteiger partial charge in [-0.1, -0.05) is 61.4 Å². The van der Waals surface area contributed by atoms with E-state index in [4.69, 9.17) is 4.43 Å². The highest BCUT2D eigenvalue weighted by molar-refractivity contribution is 6.84. The molecule has 1 aromatic rings. The second kappa shape index (κ2) is 5.74. The third-order valence-electron chi connectivity index (χ3n) is 2.59. The van der Waals surface area contributed by atoms with Gasteiger partial charge in [-0.3, -0.25) is 0 Å². The summed E-state index contributed by atoms with van der Waals surface area (Å²) in [6.45, 7) is 13.4. The van der Waals surface area contributed by atoms with Crippen LogP contribution in [0.5, 0.6) is 0 Å². The molecule has 3 heteroatoms. The maximum Gasteiger partial charge on any atom is 0.277 e. The lowest BCUT2D eigenvalue weighted by Gasteiger charge is -2.24.